The molecule has 1 aromatic carbocycles. The van der Waals surface area contributed by atoms with Gasteiger partial charge in [-0.05, 0) is 11.6 Å². The van der Waals surface area contributed by atoms with Crippen LogP contribution < -0.4 is 0 Å². The van der Waals surface area contributed by atoms with Crippen LogP contribution in [0.2, 0.25) is 0 Å². The van der Waals surface area contributed by atoms with Crippen molar-refractivity contribution < 1.29 is 4.79 Å². The second kappa shape index (κ2) is 3.42. The molecule has 0 fully saturated rings. The van der Waals surface area contributed by atoms with E-state index in [9.17, 15) is 4.79 Å². The lowest BCUT2D eigenvalue weighted by molar-refractivity contribution is 0.00776. The van der Waals surface area contributed by atoms with Crippen molar-refractivity contribution in [3.8, 4) is 0 Å². The van der Waals surface area contributed by atoms with Crippen molar-refractivity contribution >= 4 is 5.91 Å². The van der Waals surface area contributed by atoms with Gasteiger partial charge in [-0.3, -0.25) is 4.79 Å². The summed E-state index contributed by atoms with van der Waals surface area (Å²) in [6.45, 7) is 3.57. The van der Waals surface area contributed by atoms with E-state index < -0.39 is 0 Å². The average Bonchev–Trinajstić information content (AvgIpc) is 2.23. The molecule has 1 aliphatic heterocycles. The van der Waals surface area contributed by atoms with Crippen molar-refractivity contribution in [2.24, 2.45) is 0 Å². The van der Waals surface area contributed by atoms with Crippen LogP contribution in [0.5, 0.6) is 0 Å². The Balaban J connectivity index is 2.42. The molecule has 14 heavy (non-hydrogen) atoms. The van der Waals surface area contributed by atoms with E-state index >= 15 is 0 Å². The standard InChI is InChI=1S/C11H13N2O/c1-3-13-8-9-6-4-5-7-10(9)11(14)12(13)2/h4-7H,2-3,8H2,1H3/q-1. The number of rotatable bonds is 1. The number of hydrogen-bond acceptors (Lipinski definition) is 2. The largest absolute Gasteiger partial charge is 0.426 e. The van der Waals surface area contributed by atoms with Crippen molar-refractivity contribution in [3.05, 3.63) is 42.4 Å². The summed E-state index contributed by atoms with van der Waals surface area (Å²) in [5, 5.41) is 3.37. The van der Waals surface area contributed by atoms with Crippen LogP contribution in [0.3, 0.4) is 0 Å². The number of fused-ring (bicyclic) bond motifs is 1. The van der Waals surface area contributed by atoms with Crippen LogP contribution in [0.4, 0.5) is 0 Å². The SMILES string of the molecule is [CH2-]N1C(=O)c2ccccc2CN1CC. The van der Waals surface area contributed by atoms with E-state index in [1.165, 1.54) is 5.01 Å². The fourth-order valence-corrected chi connectivity index (χ4v) is 1.70. The highest BCUT2D eigenvalue weighted by molar-refractivity contribution is 5.96. The fraction of sp³-hybridized carbons (Fsp3) is 0.273. The molecule has 3 nitrogen and oxygen atoms in total. The maximum Gasteiger partial charge on any atom is 0.238 e. The monoisotopic (exact) mass is 189 g/mol. The summed E-state index contributed by atoms with van der Waals surface area (Å²) in [6.07, 6.45) is 0. The van der Waals surface area contributed by atoms with Crippen LogP contribution in [-0.2, 0) is 6.54 Å². The first kappa shape index (κ1) is 9.21. The minimum Gasteiger partial charge on any atom is -0.426 e. The van der Waals surface area contributed by atoms with E-state index in [-0.39, 0.29) is 5.91 Å². The number of carbonyl (C=O) groups is 1. The smallest absolute Gasteiger partial charge is 0.238 e. The van der Waals surface area contributed by atoms with Crippen molar-refractivity contribution in [2.75, 3.05) is 6.54 Å². The quantitative estimate of drug-likeness (QED) is 0.627. The van der Waals surface area contributed by atoms with Crippen molar-refractivity contribution in [1.82, 2.24) is 10.0 Å². The molecule has 3 heteroatoms. The van der Waals surface area contributed by atoms with Crippen molar-refractivity contribution in [2.45, 2.75) is 13.5 Å². The predicted octanol–water partition coefficient (Wildman–Crippen LogP) is 1.67. The second-order valence-electron chi connectivity index (χ2n) is 3.34. The van der Waals surface area contributed by atoms with Gasteiger partial charge in [0, 0.05) is 18.7 Å². The molecular weight excluding hydrogens is 176 g/mol. The zero-order valence-electron chi connectivity index (χ0n) is 8.23. The molecule has 0 radical (unpaired) electrons. The molecule has 0 aliphatic carbocycles. The first-order valence-electron chi connectivity index (χ1n) is 4.71. The maximum absolute atomic E-state index is 11.8. The van der Waals surface area contributed by atoms with E-state index in [4.69, 9.17) is 0 Å². The number of benzene rings is 1. The highest BCUT2D eigenvalue weighted by atomic mass is 16.2. The van der Waals surface area contributed by atoms with E-state index in [0.717, 1.165) is 24.2 Å². The first-order chi connectivity index (χ1) is 6.74. The van der Waals surface area contributed by atoms with E-state index in [1.54, 1.807) is 0 Å². The Hall–Kier alpha value is -1.35. The third-order valence-electron chi connectivity index (χ3n) is 2.54. The highest BCUT2D eigenvalue weighted by Gasteiger charge is 2.22. The van der Waals surface area contributed by atoms with E-state index in [2.05, 4.69) is 7.05 Å². The Morgan fingerprint density at radius 2 is 2.14 bits per heavy atom. The summed E-state index contributed by atoms with van der Waals surface area (Å²) in [5.41, 5.74) is 1.85. The molecule has 1 amide bonds. The third-order valence-corrected chi connectivity index (χ3v) is 2.54. The normalized spacial score (nSPS) is 17.0. The lowest BCUT2D eigenvalue weighted by Crippen LogP contribution is -2.45. The van der Waals surface area contributed by atoms with Crippen LogP contribution in [0, 0.1) is 7.05 Å². The van der Waals surface area contributed by atoms with Gasteiger partial charge in [-0.15, -0.1) is 0 Å². The summed E-state index contributed by atoms with van der Waals surface area (Å²) < 4.78 is 0. The molecule has 0 N–H and O–H groups in total. The molecule has 1 aromatic rings. The molecule has 0 saturated heterocycles. The van der Waals surface area contributed by atoms with Gasteiger partial charge in [0.15, 0.2) is 0 Å². The van der Waals surface area contributed by atoms with Gasteiger partial charge in [-0.25, -0.2) is 12.1 Å². The third kappa shape index (κ3) is 1.30. The topological polar surface area (TPSA) is 23.6 Å². The number of nitrogens with zero attached hydrogens (tertiary/aromatic N) is 2. The van der Waals surface area contributed by atoms with Crippen LogP contribution >= 0.6 is 0 Å². The molecule has 1 aliphatic rings. The van der Waals surface area contributed by atoms with E-state index in [0.29, 0.717) is 0 Å². The predicted molar refractivity (Wildman–Crippen MR) is 54.1 cm³/mol. The average molecular weight is 189 g/mol. The molecule has 74 valence electrons. The zero-order valence-corrected chi connectivity index (χ0v) is 8.23. The van der Waals surface area contributed by atoms with Gasteiger partial charge in [0.1, 0.15) is 0 Å². The molecule has 2 rings (SSSR count). The Labute approximate surface area is 83.9 Å². The number of amides is 1. The maximum atomic E-state index is 11.8. The number of hydrazine groups is 1. The Bertz CT molecular complexity index is 362. The summed E-state index contributed by atoms with van der Waals surface area (Å²) >= 11 is 0. The van der Waals surface area contributed by atoms with E-state index in [1.807, 2.05) is 36.2 Å². The van der Waals surface area contributed by atoms with Crippen LogP contribution in [0.1, 0.15) is 22.8 Å². The Morgan fingerprint density at radius 1 is 1.43 bits per heavy atom. The minimum absolute atomic E-state index is 0.0197. The first-order valence-corrected chi connectivity index (χ1v) is 4.71. The van der Waals surface area contributed by atoms with Gasteiger partial charge in [-0.2, -0.15) is 0 Å². The fourth-order valence-electron chi connectivity index (χ4n) is 1.70. The molecule has 0 atom stereocenters. The lowest BCUT2D eigenvalue weighted by atomic mass is 10.0. The lowest BCUT2D eigenvalue weighted by Gasteiger charge is -2.42. The van der Waals surface area contributed by atoms with Crippen molar-refractivity contribution in [3.63, 3.8) is 0 Å². The van der Waals surface area contributed by atoms with Gasteiger partial charge in [-0.1, -0.05) is 25.1 Å². The summed E-state index contributed by atoms with van der Waals surface area (Å²) in [5.74, 6) is -0.0197. The minimum atomic E-state index is -0.0197. The Morgan fingerprint density at radius 3 is 2.86 bits per heavy atom. The molecular formula is C11H13N2O-. The molecule has 0 aromatic heterocycles. The van der Waals surface area contributed by atoms with Gasteiger partial charge < -0.3 is 5.01 Å². The molecule has 0 spiro atoms. The number of hydrogen-bond donors (Lipinski definition) is 0. The van der Waals surface area contributed by atoms with Gasteiger partial charge in [0.2, 0.25) is 5.91 Å². The van der Waals surface area contributed by atoms with Gasteiger partial charge in [0.25, 0.3) is 0 Å². The van der Waals surface area contributed by atoms with Crippen LogP contribution in [0.15, 0.2) is 24.3 Å². The zero-order chi connectivity index (χ0) is 10.1. The van der Waals surface area contributed by atoms with Gasteiger partial charge in [0.05, 0.1) is 0 Å². The van der Waals surface area contributed by atoms with Gasteiger partial charge >= 0.3 is 0 Å². The van der Waals surface area contributed by atoms with Crippen LogP contribution in [-0.4, -0.2) is 22.5 Å². The molecule has 0 saturated carbocycles. The summed E-state index contributed by atoms with van der Waals surface area (Å²) in [4.78, 5) is 11.8. The molecule has 0 unspecified atom stereocenters. The summed E-state index contributed by atoms with van der Waals surface area (Å²) in [7, 11) is 3.74. The summed E-state index contributed by atoms with van der Waals surface area (Å²) in [6, 6.07) is 7.68. The second-order valence-corrected chi connectivity index (χ2v) is 3.34. The van der Waals surface area contributed by atoms with Crippen LogP contribution in [0.25, 0.3) is 0 Å². The van der Waals surface area contributed by atoms with Crippen molar-refractivity contribution in [1.29, 1.82) is 0 Å². The highest BCUT2D eigenvalue weighted by Crippen LogP contribution is 2.20. The number of carbonyl (C=O) groups excluding carboxylic acids is 1. The molecule has 1 heterocycles. The Kier molecular flexibility index (Phi) is 2.25. The molecule has 0 bridgehead atoms.